The molecule has 1 heterocycles. The Labute approximate surface area is 186 Å². The zero-order chi connectivity index (χ0) is 21.2. The Hall–Kier alpha value is -1.87. The maximum Gasteiger partial charge on any atom is 0.0665 e. The Morgan fingerprint density at radius 1 is 0.968 bits per heavy atom. The summed E-state index contributed by atoms with van der Waals surface area (Å²) < 4.78 is 2.06. The minimum absolute atomic E-state index is 0.111. The van der Waals surface area contributed by atoms with Crippen molar-refractivity contribution in [1.29, 1.82) is 0 Å². The van der Waals surface area contributed by atoms with E-state index in [4.69, 9.17) is 5.10 Å². The molecule has 31 heavy (non-hydrogen) atoms. The molecule has 6 rings (SSSR count). The average Bonchev–Trinajstić information content (AvgIpc) is 3.39. The number of aliphatic hydroxyl groups is 1. The van der Waals surface area contributed by atoms with Gasteiger partial charge in [-0.1, -0.05) is 43.7 Å². The van der Waals surface area contributed by atoms with E-state index in [1.807, 2.05) is 0 Å². The normalized spacial score (nSPS) is 41.8. The van der Waals surface area contributed by atoms with Gasteiger partial charge in [-0.25, -0.2) is 4.68 Å². The van der Waals surface area contributed by atoms with Crippen molar-refractivity contribution in [2.75, 3.05) is 0 Å². The minimum Gasteiger partial charge on any atom is -0.393 e. The maximum atomic E-state index is 10.2. The second-order valence-corrected chi connectivity index (χ2v) is 11.4. The summed E-state index contributed by atoms with van der Waals surface area (Å²) in [6.07, 6.45) is 14.2. The van der Waals surface area contributed by atoms with E-state index < -0.39 is 0 Å². The fraction of sp³-hybridized carbons (Fsp3) is 0.607. The zero-order valence-electron chi connectivity index (χ0n) is 19.0. The van der Waals surface area contributed by atoms with Gasteiger partial charge in [0.25, 0.3) is 0 Å². The molecule has 0 radical (unpaired) electrons. The third-order valence-corrected chi connectivity index (χ3v) is 10.1. The Morgan fingerprint density at radius 3 is 2.65 bits per heavy atom. The first-order valence-corrected chi connectivity index (χ1v) is 12.5. The van der Waals surface area contributed by atoms with Crippen LogP contribution in [0.2, 0.25) is 0 Å². The molecule has 0 spiro atoms. The van der Waals surface area contributed by atoms with Crippen LogP contribution in [0.3, 0.4) is 0 Å². The number of hydrogen-bond acceptors (Lipinski definition) is 2. The first-order chi connectivity index (χ1) is 15.0. The highest BCUT2D eigenvalue weighted by molar-refractivity contribution is 5.32. The Balaban J connectivity index is 1.29. The van der Waals surface area contributed by atoms with E-state index in [-0.39, 0.29) is 6.10 Å². The van der Waals surface area contributed by atoms with Crippen molar-refractivity contribution in [2.24, 2.45) is 28.6 Å². The van der Waals surface area contributed by atoms with E-state index in [1.165, 1.54) is 44.2 Å². The summed E-state index contributed by atoms with van der Waals surface area (Å²) in [4.78, 5) is 0. The van der Waals surface area contributed by atoms with Gasteiger partial charge in [0, 0.05) is 12.1 Å². The number of hydrogen-bond donors (Lipinski definition) is 1. The van der Waals surface area contributed by atoms with E-state index in [9.17, 15) is 5.11 Å². The molecule has 0 saturated heterocycles. The molecule has 1 aromatic carbocycles. The van der Waals surface area contributed by atoms with Crippen LogP contribution in [0, 0.1) is 28.6 Å². The lowest BCUT2D eigenvalue weighted by atomic mass is 9.47. The number of benzene rings is 1. The number of para-hydroxylation sites is 1. The second kappa shape index (κ2) is 7.07. The van der Waals surface area contributed by atoms with Crippen LogP contribution >= 0.6 is 0 Å². The maximum absolute atomic E-state index is 10.2. The van der Waals surface area contributed by atoms with Crippen LogP contribution in [0.25, 0.3) is 5.69 Å². The molecule has 164 valence electrons. The van der Waals surface area contributed by atoms with Crippen molar-refractivity contribution in [3.63, 3.8) is 0 Å². The van der Waals surface area contributed by atoms with Gasteiger partial charge in [0.05, 0.1) is 17.5 Å². The van der Waals surface area contributed by atoms with E-state index in [2.05, 4.69) is 67.2 Å². The molecule has 2 aromatic rings. The lowest BCUT2D eigenvalue weighted by Crippen LogP contribution is -2.50. The van der Waals surface area contributed by atoms with Gasteiger partial charge in [0.2, 0.25) is 0 Å². The first-order valence-electron chi connectivity index (χ1n) is 12.5. The number of allylic oxidation sites excluding steroid dienone is 1. The number of aromatic nitrogens is 2. The van der Waals surface area contributed by atoms with Crippen molar-refractivity contribution in [1.82, 2.24) is 9.78 Å². The van der Waals surface area contributed by atoms with Crippen LogP contribution in [-0.2, 0) is 0 Å². The van der Waals surface area contributed by atoms with Crippen molar-refractivity contribution in [3.05, 3.63) is 59.9 Å². The lowest BCUT2D eigenvalue weighted by molar-refractivity contribution is -0.0412. The zero-order valence-corrected chi connectivity index (χ0v) is 19.0. The Kier molecular flexibility index (Phi) is 4.51. The molecule has 1 N–H and O–H groups in total. The Morgan fingerprint density at radius 2 is 1.81 bits per heavy atom. The van der Waals surface area contributed by atoms with E-state index in [0.717, 1.165) is 36.3 Å². The van der Waals surface area contributed by atoms with Crippen LogP contribution in [0.5, 0.6) is 0 Å². The van der Waals surface area contributed by atoms with Crippen molar-refractivity contribution in [3.8, 4) is 5.69 Å². The minimum atomic E-state index is -0.111. The molecule has 3 nitrogen and oxygen atoms in total. The molecular formula is C28H36N2O. The standard InChI is InChI=1S/C28H36N2O/c1-27-15-12-21(31)18-19(27)8-9-22-23-10-11-25(28(23,2)16-13-24(22)27)26-14-17-30(29-26)20-6-4-3-5-7-20/h3-8,14,17,21-25,31H,9-13,15-16,18H2,1-2H3/t21?,22?,23?,24?,25?,27-,28-/m0/s1. The molecule has 3 heteroatoms. The topological polar surface area (TPSA) is 38.0 Å². The molecule has 3 fully saturated rings. The summed E-state index contributed by atoms with van der Waals surface area (Å²) in [5.41, 5.74) is 4.72. The van der Waals surface area contributed by atoms with Crippen LogP contribution < -0.4 is 0 Å². The highest BCUT2D eigenvalue weighted by Crippen LogP contribution is 2.67. The van der Waals surface area contributed by atoms with Crippen molar-refractivity contribution in [2.45, 2.75) is 77.2 Å². The molecular weight excluding hydrogens is 380 g/mol. The monoisotopic (exact) mass is 416 g/mol. The summed E-state index contributed by atoms with van der Waals surface area (Å²) in [6, 6.07) is 12.8. The van der Waals surface area contributed by atoms with Gasteiger partial charge in [-0.15, -0.1) is 0 Å². The number of nitrogens with zero attached hydrogens (tertiary/aromatic N) is 2. The van der Waals surface area contributed by atoms with E-state index >= 15 is 0 Å². The highest BCUT2D eigenvalue weighted by atomic mass is 16.3. The molecule has 0 amide bonds. The molecule has 4 aliphatic carbocycles. The van der Waals surface area contributed by atoms with Gasteiger partial charge >= 0.3 is 0 Å². The quantitative estimate of drug-likeness (QED) is 0.585. The fourth-order valence-electron chi connectivity index (χ4n) is 8.38. The van der Waals surface area contributed by atoms with Crippen molar-refractivity contribution < 1.29 is 5.11 Å². The molecule has 5 unspecified atom stereocenters. The first kappa shape index (κ1) is 19.8. The summed E-state index contributed by atoms with van der Waals surface area (Å²) in [7, 11) is 0. The number of aliphatic hydroxyl groups excluding tert-OH is 1. The number of fused-ring (bicyclic) bond motifs is 5. The fourth-order valence-corrected chi connectivity index (χ4v) is 8.38. The Bertz CT molecular complexity index is 993. The predicted octanol–water partition coefficient (Wildman–Crippen LogP) is 6.28. The second-order valence-electron chi connectivity index (χ2n) is 11.4. The third-order valence-electron chi connectivity index (χ3n) is 10.1. The van der Waals surface area contributed by atoms with Gasteiger partial charge in [-0.05, 0) is 98.1 Å². The average molecular weight is 417 g/mol. The molecule has 7 atom stereocenters. The van der Waals surface area contributed by atoms with Crippen molar-refractivity contribution >= 4 is 0 Å². The van der Waals surface area contributed by atoms with E-state index in [1.54, 1.807) is 5.57 Å². The van der Waals surface area contributed by atoms with Crippen LogP contribution in [-0.4, -0.2) is 21.0 Å². The summed E-state index contributed by atoms with van der Waals surface area (Å²) in [5, 5.41) is 15.3. The summed E-state index contributed by atoms with van der Waals surface area (Å²) in [6.45, 7) is 5.11. The summed E-state index contributed by atoms with van der Waals surface area (Å²) in [5.74, 6) is 3.00. The van der Waals surface area contributed by atoms with Crippen LogP contribution in [0.15, 0.2) is 54.2 Å². The third kappa shape index (κ3) is 2.92. The van der Waals surface area contributed by atoms with Gasteiger partial charge in [0.1, 0.15) is 0 Å². The summed E-state index contributed by atoms with van der Waals surface area (Å²) >= 11 is 0. The molecule has 3 saturated carbocycles. The lowest BCUT2D eigenvalue weighted by Gasteiger charge is -2.58. The highest BCUT2D eigenvalue weighted by Gasteiger charge is 2.59. The SMILES string of the molecule is C[C@]12CCC3C(CC=C4CC(O)CC[C@@]43C)C1CCC2c1ccn(-c2ccccc2)n1. The van der Waals surface area contributed by atoms with Gasteiger partial charge in [0.15, 0.2) is 0 Å². The van der Waals surface area contributed by atoms with E-state index in [0.29, 0.717) is 16.7 Å². The van der Waals surface area contributed by atoms with Crippen LogP contribution in [0.1, 0.15) is 76.8 Å². The molecule has 1 aromatic heterocycles. The van der Waals surface area contributed by atoms with Gasteiger partial charge in [-0.3, -0.25) is 0 Å². The molecule has 0 bridgehead atoms. The largest absolute Gasteiger partial charge is 0.393 e. The smallest absolute Gasteiger partial charge is 0.0665 e. The number of rotatable bonds is 2. The molecule has 0 aliphatic heterocycles. The van der Waals surface area contributed by atoms with Crippen LogP contribution in [0.4, 0.5) is 0 Å². The van der Waals surface area contributed by atoms with Gasteiger partial charge in [-0.2, -0.15) is 5.10 Å². The van der Waals surface area contributed by atoms with Gasteiger partial charge < -0.3 is 5.11 Å². The molecule has 4 aliphatic rings. The predicted molar refractivity (Wildman–Crippen MR) is 124 cm³/mol.